The van der Waals surface area contributed by atoms with Gasteiger partial charge in [-0.15, -0.1) is 0 Å². The van der Waals surface area contributed by atoms with Crippen LogP contribution in [0.15, 0.2) is 16.0 Å². The van der Waals surface area contributed by atoms with Gasteiger partial charge in [-0.05, 0) is 43.9 Å². The van der Waals surface area contributed by atoms with Gasteiger partial charge in [0.1, 0.15) is 0 Å². The van der Waals surface area contributed by atoms with Crippen molar-refractivity contribution in [1.29, 1.82) is 0 Å². The maximum atomic E-state index is 12.8. The lowest BCUT2D eigenvalue weighted by Gasteiger charge is -2.32. The standard InChI is InChI=1S/C18H32N2O2S/c1-13(2)11-15-16(18(15,3)4)17(21)20-9-7-14(8-10-20)12-19-23(5,6)22/h11,14-16H,7-10,12H2,1-6H3. The number of amides is 1. The van der Waals surface area contributed by atoms with Crippen LogP contribution in [0, 0.1) is 23.2 Å². The maximum absolute atomic E-state index is 12.8. The normalized spacial score (nSPS) is 27.5. The Kier molecular flexibility index (Phi) is 5.29. The van der Waals surface area contributed by atoms with E-state index in [9.17, 15) is 9.00 Å². The average Bonchev–Trinajstić information content (AvgIpc) is 2.95. The molecule has 0 aromatic heterocycles. The molecule has 0 radical (unpaired) electrons. The van der Waals surface area contributed by atoms with Crippen LogP contribution in [-0.4, -0.2) is 47.2 Å². The highest BCUT2D eigenvalue weighted by Crippen LogP contribution is 2.60. The molecule has 0 aromatic carbocycles. The summed E-state index contributed by atoms with van der Waals surface area (Å²) in [7, 11) is -2.00. The largest absolute Gasteiger partial charge is 0.342 e. The van der Waals surface area contributed by atoms with E-state index >= 15 is 0 Å². The van der Waals surface area contributed by atoms with Gasteiger partial charge in [-0.3, -0.25) is 9.00 Å². The van der Waals surface area contributed by atoms with Crippen molar-refractivity contribution < 1.29 is 9.00 Å². The van der Waals surface area contributed by atoms with E-state index in [2.05, 4.69) is 38.1 Å². The summed E-state index contributed by atoms with van der Waals surface area (Å²) in [6.07, 6.45) is 7.58. The molecular weight excluding hydrogens is 308 g/mol. The van der Waals surface area contributed by atoms with Crippen LogP contribution in [0.3, 0.4) is 0 Å². The van der Waals surface area contributed by atoms with E-state index in [0.717, 1.165) is 25.9 Å². The third-order valence-electron chi connectivity index (χ3n) is 5.26. The summed E-state index contributed by atoms with van der Waals surface area (Å²) in [5, 5.41) is 0. The Morgan fingerprint density at radius 3 is 2.30 bits per heavy atom. The molecule has 0 spiro atoms. The first kappa shape index (κ1) is 18.5. The Bertz CT molecular complexity index is 595. The van der Waals surface area contributed by atoms with Crippen LogP contribution in [0.1, 0.15) is 40.5 Å². The molecule has 0 aromatic rings. The number of rotatable bonds is 4. The molecule has 5 heteroatoms. The third-order valence-corrected chi connectivity index (χ3v) is 6.03. The molecule has 1 aliphatic heterocycles. The van der Waals surface area contributed by atoms with Crippen LogP contribution < -0.4 is 0 Å². The fourth-order valence-corrected chi connectivity index (χ4v) is 4.21. The third kappa shape index (κ3) is 4.59. The van der Waals surface area contributed by atoms with Crippen molar-refractivity contribution in [3.63, 3.8) is 0 Å². The number of carbonyl (C=O) groups excluding carboxylic acids is 1. The van der Waals surface area contributed by atoms with E-state index in [1.54, 1.807) is 12.5 Å². The summed E-state index contributed by atoms with van der Waals surface area (Å²) in [4.78, 5) is 14.9. The number of piperidine rings is 1. The van der Waals surface area contributed by atoms with Gasteiger partial charge in [-0.1, -0.05) is 25.5 Å². The van der Waals surface area contributed by atoms with Crippen molar-refractivity contribution in [2.45, 2.75) is 40.5 Å². The predicted octanol–water partition coefficient (Wildman–Crippen LogP) is 3.19. The van der Waals surface area contributed by atoms with Crippen LogP contribution in [0.4, 0.5) is 0 Å². The highest BCUT2D eigenvalue weighted by Gasteiger charge is 2.61. The second kappa shape index (κ2) is 6.58. The summed E-state index contributed by atoms with van der Waals surface area (Å²) in [5.74, 6) is 1.32. The lowest BCUT2D eigenvalue weighted by Crippen LogP contribution is -2.40. The molecule has 0 N–H and O–H groups in total. The van der Waals surface area contributed by atoms with E-state index in [4.69, 9.17) is 0 Å². The number of nitrogens with zero attached hydrogens (tertiary/aromatic N) is 2. The lowest BCUT2D eigenvalue weighted by molar-refractivity contribution is -0.134. The Morgan fingerprint density at radius 2 is 1.83 bits per heavy atom. The number of likely N-dealkylation sites (tertiary alicyclic amines) is 1. The zero-order valence-electron chi connectivity index (χ0n) is 15.5. The van der Waals surface area contributed by atoms with Gasteiger partial charge in [0.05, 0.1) is 12.5 Å². The van der Waals surface area contributed by atoms with E-state index in [1.807, 2.05) is 4.90 Å². The quantitative estimate of drug-likeness (QED) is 0.738. The summed E-state index contributed by atoms with van der Waals surface area (Å²) in [6, 6.07) is 0. The average molecular weight is 341 g/mol. The zero-order chi connectivity index (χ0) is 17.4. The summed E-state index contributed by atoms with van der Waals surface area (Å²) >= 11 is 0. The van der Waals surface area contributed by atoms with Crippen LogP contribution >= 0.6 is 0 Å². The SMILES string of the molecule is CC(C)=CC1C(C(=O)N2CCC(CN=S(C)(C)=O)CC2)C1(C)C. The van der Waals surface area contributed by atoms with Crippen LogP contribution in [0.5, 0.6) is 0 Å². The van der Waals surface area contributed by atoms with Gasteiger partial charge >= 0.3 is 0 Å². The van der Waals surface area contributed by atoms with Gasteiger partial charge in [0.25, 0.3) is 0 Å². The molecule has 1 aliphatic carbocycles. The molecule has 2 atom stereocenters. The van der Waals surface area contributed by atoms with E-state index in [1.165, 1.54) is 5.57 Å². The minimum Gasteiger partial charge on any atom is -0.342 e. The minimum absolute atomic E-state index is 0.0937. The molecule has 2 rings (SSSR count). The fourth-order valence-electron chi connectivity index (χ4n) is 3.64. The first-order chi connectivity index (χ1) is 10.5. The molecule has 132 valence electrons. The van der Waals surface area contributed by atoms with Gasteiger partial charge < -0.3 is 4.90 Å². The number of carbonyl (C=O) groups is 1. The van der Waals surface area contributed by atoms with E-state index in [-0.39, 0.29) is 11.3 Å². The summed E-state index contributed by atoms with van der Waals surface area (Å²) in [6.45, 7) is 10.9. The molecular formula is C18H32N2O2S. The molecule has 2 aliphatic rings. The molecule has 2 unspecified atom stereocenters. The summed E-state index contributed by atoms with van der Waals surface area (Å²) < 4.78 is 15.9. The van der Waals surface area contributed by atoms with Crippen molar-refractivity contribution in [3.8, 4) is 0 Å². The second-order valence-corrected chi connectivity index (χ2v) is 11.0. The number of hydrogen-bond donors (Lipinski definition) is 0. The van der Waals surface area contributed by atoms with Crippen molar-refractivity contribution in [3.05, 3.63) is 11.6 Å². The molecule has 4 nitrogen and oxygen atoms in total. The van der Waals surface area contributed by atoms with Crippen LogP contribution in [0.25, 0.3) is 0 Å². The van der Waals surface area contributed by atoms with Gasteiger partial charge in [0.15, 0.2) is 0 Å². The number of hydrogen-bond acceptors (Lipinski definition) is 3. The molecule has 2 fully saturated rings. The highest BCUT2D eigenvalue weighted by atomic mass is 32.2. The van der Waals surface area contributed by atoms with E-state index in [0.29, 0.717) is 24.3 Å². The predicted molar refractivity (Wildman–Crippen MR) is 96.8 cm³/mol. The van der Waals surface area contributed by atoms with Gasteiger partial charge in [0.2, 0.25) is 5.91 Å². The zero-order valence-corrected chi connectivity index (χ0v) is 16.3. The molecule has 1 heterocycles. The Hall–Kier alpha value is -0.840. The van der Waals surface area contributed by atoms with Crippen LogP contribution in [-0.2, 0) is 14.5 Å². The fraction of sp³-hybridized carbons (Fsp3) is 0.833. The Labute approximate surface area is 141 Å². The minimum atomic E-state index is -2.00. The topological polar surface area (TPSA) is 49.7 Å². The second-order valence-electron chi connectivity index (χ2n) is 8.33. The van der Waals surface area contributed by atoms with Crippen molar-refractivity contribution in [2.75, 3.05) is 32.1 Å². The van der Waals surface area contributed by atoms with Crippen molar-refractivity contribution in [1.82, 2.24) is 4.90 Å². The maximum Gasteiger partial charge on any atom is 0.226 e. The number of allylic oxidation sites excluding steroid dienone is 2. The Morgan fingerprint density at radius 1 is 1.26 bits per heavy atom. The lowest BCUT2D eigenvalue weighted by atomic mass is 9.96. The van der Waals surface area contributed by atoms with Gasteiger partial charge in [-0.2, -0.15) is 0 Å². The highest BCUT2D eigenvalue weighted by molar-refractivity contribution is 7.92. The van der Waals surface area contributed by atoms with Crippen molar-refractivity contribution in [2.24, 2.45) is 27.5 Å². The van der Waals surface area contributed by atoms with E-state index < -0.39 is 9.73 Å². The molecule has 0 bridgehead atoms. The molecule has 23 heavy (non-hydrogen) atoms. The van der Waals surface area contributed by atoms with Gasteiger partial charge in [-0.25, -0.2) is 4.36 Å². The first-order valence-corrected chi connectivity index (χ1v) is 10.9. The molecule has 1 saturated carbocycles. The molecule has 1 saturated heterocycles. The molecule has 1 amide bonds. The van der Waals surface area contributed by atoms with Crippen LogP contribution in [0.2, 0.25) is 0 Å². The smallest absolute Gasteiger partial charge is 0.226 e. The van der Waals surface area contributed by atoms with Crippen molar-refractivity contribution >= 4 is 15.6 Å². The first-order valence-electron chi connectivity index (χ1n) is 8.59. The monoisotopic (exact) mass is 340 g/mol. The Balaban J connectivity index is 1.90. The van der Waals surface area contributed by atoms with Gasteiger partial charge in [0, 0.05) is 35.3 Å². The summed E-state index contributed by atoms with van der Waals surface area (Å²) in [5.41, 5.74) is 1.39.